The van der Waals surface area contributed by atoms with Gasteiger partial charge >= 0.3 is 6.18 Å². The fourth-order valence-corrected chi connectivity index (χ4v) is 3.99. The molecule has 0 radical (unpaired) electrons. The summed E-state index contributed by atoms with van der Waals surface area (Å²) in [4.78, 5) is 3.51. The normalized spacial score (nSPS) is 29.5. The second kappa shape index (κ2) is 7.59. The Morgan fingerprint density at radius 3 is 2.59 bits per heavy atom. The van der Waals surface area contributed by atoms with Crippen molar-refractivity contribution in [3.63, 3.8) is 0 Å². The highest BCUT2D eigenvalue weighted by atomic mass is 19.4. The standard InChI is InChI=1S/C21H22F3NO4/c1-11-17(26)18(27)20(29-16-7-3-6-15(25-16)21(22,23)24)19(28-11)14-9-8-12-4-2-5-13(12)10-14/h3,6-11,17-20,26-27H,2,4-5H2,1H3/t11-,17+,18+,19-,20-/m1/s1. The van der Waals surface area contributed by atoms with Crippen LogP contribution >= 0.6 is 0 Å². The van der Waals surface area contributed by atoms with Crippen molar-refractivity contribution in [3.05, 3.63) is 58.8 Å². The maximum absolute atomic E-state index is 13.0. The first-order valence-corrected chi connectivity index (χ1v) is 9.58. The molecule has 1 fully saturated rings. The maximum atomic E-state index is 13.0. The van der Waals surface area contributed by atoms with Gasteiger partial charge in [-0.1, -0.05) is 24.3 Å². The Hall–Kier alpha value is -2.16. The number of hydrogen-bond acceptors (Lipinski definition) is 5. The predicted octanol–water partition coefficient (Wildman–Crippen LogP) is 3.22. The van der Waals surface area contributed by atoms with Crippen molar-refractivity contribution in [1.29, 1.82) is 0 Å². The largest absolute Gasteiger partial charge is 0.468 e. The molecule has 1 aliphatic heterocycles. The van der Waals surface area contributed by atoms with E-state index in [-0.39, 0.29) is 5.88 Å². The monoisotopic (exact) mass is 409 g/mol. The van der Waals surface area contributed by atoms with Gasteiger partial charge < -0.3 is 19.7 Å². The van der Waals surface area contributed by atoms with Gasteiger partial charge in [-0.25, -0.2) is 4.98 Å². The number of rotatable bonds is 3. The van der Waals surface area contributed by atoms with Crippen LogP contribution in [0.15, 0.2) is 36.4 Å². The van der Waals surface area contributed by atoms with Crippen molar-refractivity contribution in [2.45, 2.75) is 62.9 Å². The number of fused-ring (bicyclic) bond motifs is 1. The first kappa shape index (κ1) is 20.1. The van der Waals surface area contributed by atoms with Crippen LogP contribution in [-0.4, -0.2) is 39.6 Å². The van der Waals surface area contributed by atoms with Crippen molar-refractivity contribution in [2.24, 2.45) is 0 Å². The smallest absolute Gasteiger partial charge is 0.433 e. The van der Waals surface area contributed by atoms with Gasteiger partial charge in [0.15, 0.2) is 6.10 Å². The summed E-state index contributed by atoms with van der Waals surface area (Å²) in [5.41, 5.74) is 2.11. The van der Waals surface area contributed by atoms with Crippen LogP contribution in [0.25, 0.3) is 0 Å². The summed E-state index contributed by atoms with van der Waals surface area (Å²) >= 11 is 0. The van der Waals surface area contributed by atoms with E-state index in [0.717, 1.165) is 30.9 Å². The molecule has 4 rings (SSSR count). The molecule has 5 nitrogen and oxygen atoms in total. The number of aryl methyl sites for hydroxylation is 2. The molecule has 2 aliphatic rings. The van der Waals surface area contributed by atoms with E-state index in [1.165, 1.54) is 23.3 Å². The highest BCUT2D eigenvalue weighted by Crippen LogP contribution is 2.37. The summed E-state index contributed by atoms with van der Waals surface area (Å²) in [5, 5.41) is 20.9. The molecule has 156 valence electrons. The van der Waals surface area contributed by atoms with Crippen LogP contribution < -0.4 is 4.74 Å². The Labute approximate surface area is 166 Å². The first-order valence-electron chi connectivity index (χ1n) is 9.58. The number of aromatic nitrogens is 1. The lowest BCUT2D eigenvalue weighted by Gasteiger charge is -2.41. The van der Waals surface area contributed by atoms with E-state index in [9.17, 15) is 23.4 Å². The molecule has 0 amide bonds. The molecule has 8 heteroatoms. The van der Waals surface area contributed by atoms with Gasteiger partial charge in [0, 0.05) is 6.07 Å². The number of ether oxygens (including phenoxy) is 2. The molecule has 5 atom stereocenters. The molecule has 0 saturated carbocycles. The predicted molar refractivity (Wildman–Crippen MR) is 97.4 cm³/mol. The van der Waals surface area contributed by atoms with Crippen LogP contribution in [0, 0.1) is 0 Å². The number of pyridine rings is 1. The number of nitrogens with zero attached hydrogens (tertiary/aromatic N) is 1. The zero-order chi connectivity index (χ0) is 20.8. The summed E-state index contributed by atoms with van der Waals surface area (Å²) < 4.78 is 50.5. The van der Waals surface area contributed by atoms with E-state index >= 15 is 0 Å². The van der Waals surface area contributed by atoms with Crippen LogP contribution in [0.5, 0.6) is 5.88 Å². The number of halogens is 3. The van der Waals surface area contributed by atoms with Crippen LogP contribution in [0.1, 0.15) is 41.8 Å². The molecule has 29 heavy (non-hydrogen) atoms. The third-order valence-electron chi connectivity index (χ3n) is 5.55. The molecule has 1 aromatic carbocycles. The lowest BCUT2D eigenvalue weighted by molar-refractivity contribution is -0.213. The molecule has 2 N–H and O–H groups in total. The highest BCUT2D eigenvalue weighted by Gasteiger charge is 2.45. The second-order valence-corrected chi connectivity index (χ2v) is 7.57. The molecule has 0 bridgehead atoms. The number of benzene rings is 1. The van der Waals surface area contributed by atoms with E-state index in [1.807, 2.05) is 18.2 Å². The van der Waals surface area contributed by atoms with E-state index < -0.39 is 42.4 Å². The van der Waals surface area contributed by atoms with Crippen molar-refractivity contribution < 1.29 is 32.9 Å². The van der Waals surface area contributed by atoms with Crippen molar-refractivity contribution in [1.82, 2.24) is 4.98 Å². The van der Waals surface area contributed by atoms with Crippen LogP contribution in [0.2, 0.25) is 0 Å². The minimum Gasteiger partial charge on any atom is -0.468 e. The van der Waals surface area contributed by atoms with Crippen molar-refractivity contribution in [3.8, 4) is 5.88 Å². The van der Waals surface area contributed by atoms with Gasteiger partial charge in [-0.15, -0.1) is 0 Å². The minimum absolute atomic E-state index is 0.291. The summed E-state index contributed by atoms with van der Waals surface area (Å²) in [5.74, 6) is -0.291. The highest BCUT2D eigenvalue weighted by molar-refractivity contribution is 5.37. The fraction of sp³-hybridized carbons (Fsp3) is 0.476. The fourth-order valence-electron chi connectivity index (χ4n) is 3.99. The molecule has 1 saturated heterocycles. The van der Waals surface area contributed by atoms with Crippen LogP contribution in [-0.2, 0) is 23.8 Å². The number of hydrogen-bond donors (Lipinski definition) is 2. The zero-order valence-electron chi connectivity index (χ0n) is 15.8. The van der Waals surface area contributed by atoms with Gasteiger partial charge in [-0.3, -0.25) is 0 Å². The molecule has 2 aromatic rings. The average Bonchev–Trinajstić information content (AvgIpc) is 3.15. The van der Waals surface area contributed by atoms with Gasteiger partial charge in [-0.05, 0) is 48.9 Å². The van der Waals surface area contributed by atoms with Crippen molar-refractivity contribution in [2.75, 3.05) is 0 Å². The summed E-state index contributed by atoms with van der Waals surface area (Å²) in [7, 11) is 0. The van der Waals surface area contributed by atoms with Gasteiger partial charge in [-0.2, -0.15) is 13.2 Å². The third-order valence-corrected chi connectivity index (χ3v) is 5.55. The minimum atomic E-state index is -4.62. The first-order chi connectivity index (χ1) is 13.7. The van der Waals surface area contributed by atoms with Gasteiger partial charge in [0.05, 0.1) is 6.10 Å². The molecule has 1 aromatic heterocycles. The number of alkyl halides is 3. The molecule has 1 aliphatic carbocycles. The average molecular weight is 409 g/mol. The topological polar surface area (TPSA) is 71.8 Å². The van der Waals surface area contributed by atoms with Crippen LogP contribution in [0.4, 0.5) is 13.2 Å². The quantitative estimate of drug-likeness (QED) is 0.815. The van der Waals surface area contributed by atoms with E-state index in [1.54, 1.807) is 6.92 Å². The third kappa shape index (κ3) is 3.97. The molecular weight excluding hydrogens is 387 g/mol. The molecule has 0 spiro atoms. The van der Waals surface area contributed by atoms with Gasteiger partial charge in [0.25, 0.3) is 0 Å². The summed E-state index contributed by atoms with van der Waals surface area (Å²) in [6.45, 7) is 1.63. The second-order valence-electron chi connectivity index (χ2n) is 7.57. The molecule has 0 unspecified atom stereocenters. The Balaban J connectivity index is 1.66. The number of aliphatic hydroxyl groups excluding tert-OH is 2. The lowest BCUT2D eigenvalue weighted by Crippen LogP contribution is -2.55. The maximum Gasteiger partial charge on any atom is 0.433 e. The Kier molecular flexibility index (Phi) is 5.27. The van der Waals surface area contributed by atoms with Crippen LogP contribution in [0.3, 0.4) is 0 Å². The molecular formula is C21H22F3NO4. The van der Waals surface area contributed by atoms with E-state index in [4.69, 9.17) is 9.47 Å². The lowest BCUT2D eigenvalue weighted by atomic mass is 9.90. The van der Waals surface area contributed by atoms with Crippen molar-refractivity contribution >= 4 is 0 Å². The Morgan fingerprint density at radius 1 is 1.07 bits per heavy atom. The van der Waals surface area contributed by atoms with E-state index in [2.05, 4.69) is 4.98 Å². The van der Waals surface area contributed by atoms with Gasteiger partial charge in [0.1, 0.15) is 24.0 Å². The summed E-state index contributed by atoms with van der Waals surface area (Å²) in [6, 6.07) is 9.18. The molecule has 2 heterocycles. The SMILES string of the molecule is C[C@H]1O[C@H](c2ccc3c(c2)CCC3)[C@H](Oc2cccc(C(F)(F)F)n2)[C@@H](O)[C@H]1O. The zero-order valence-corrected chi connectivity index (χ0v) is 15.8. The Bertz CT molecular complexity index is 888. The summed E-state index contributed by atoms with van der Waals surface area (Å²) in [6.07, 6.45) is -6.74. The Morgan fingerprint density at radius 2 is 1.83 bits per heavy atom. The van der Waals surface area contributed by atoms with E-state index in [0.29, 0.717) is 0 Å². The number of aliphatic hydroxyl groups is 2. The van der Waals surface area contributed by atoms with Gasteiger partial charge in [0.2, 0.25) is 5.88 Å².